The van der Waals surface area contributed by atoms with Gasteiger partial charge < -0.3 is 61.3 Å². The van der Waals surface area contributed by atoms with E-state index in [1.807, 2.05) is 6.92 Å². The van der Waals surface area contributed by atoms with Gasteiger partial charge in [0, 0.05) is 60.8 Å². The topological polar surface area (TPSA) is 297 Å². The van der Waals surface area contributed by atoms with Crippen molar-refractivity contribution < 1.29 is 62.0 Å². The van der Waals surface area contributed by atoms with E-state index in [2.05, 4.69) is 36.9 Å². The van der Waals surface area contributed by atoms with Gasteiger partial charge >= 0.3 is 12.1 Å². The molecule has 0 bridgehead atoms. The number of pyridine rings is 1. The average molecular weight is 980 g/mol. The van der Waals surface area contributed by atoms with Crippen molar-refractivity contribution in [1.82, 2.24) is 31.2 Å². The molecule has 2 aliphatic rings. The Balaban J connectivity index is 1.12. The lowest BCUT2D eigenvalue weighted by atomic mass is 9.78. The first-order chi connectivity index (χ1) is 33.7. The van der Waals surface area contributed by atoms with Crippen LogP contribution in [0.5, 0.6) is 0 Å². The molecule has 1 saturated carbocycles. The summed E-state index contributed by atoms with van der Waals surface area (Å²) in [7, 11) is 0. The summed E-state index contributed by atoms with van der Waals surface area (Å²) in [6.07, 6.45) is 8.57. The SMILES string of the molecule is CC(C)[C@H](NC(=O)CCOCCOCCOCCOCCN1C(=O)C=CC1=O)C(=O)N[C@@H](CCCNC(N)=O)C(=O)Nc1ccc(COC(=O)N[C@H](C)[C@H]2CC[C@H](C(=O)Nc3ccncc3)CC2)cc1. The van der Waals surface area contributed by atoms with Gasteiger partial charge in [0.05, 0.1) is 59.4 Å². The number of carbonyl (C=O) groups excluding carboxylic acids is 8. The number of nitrogens with zero attached hydrogens (tertiary/aromatic N) is 2. The summed E-state index contributed by atoms with van der Waals surface area (Å²) in [5, 5.41) is 16.6. The largest absolute Gasteiger partial charge is 0.445 e. The van der Waals surface area contributed by atoms with Gasteiger partial charge in [0.2, 0.25) is 23.6 Å². The Morgan fingerprint density at radius 3 is 1.90 bits per heavy atom. The fourth-order valence-electron chi connectivity index (χ4n) is 7.53. The van der Waals surface area contributed by atoms with Crippen molar-refractivity contribution in [2.45, 2.75) is 90.4 Å². The molecule has 9 amide bonds. The van der Waals surface area contributed by atoms with Gasteiger partial charge in [-0.3, -0.25) is 38.7 Å². The maximum absolute atomic E-state index is 13.6. The van der Waals surface area contributed by atoms with Crippen molar-refractivity contribution in [3.63, 3.8) is 0 Å². The van der Waals surface area contributed by atoms with E-state index in [4.69, 9.17) is 29.4 Å². The van der Waals surface area contributed by atoms with E-state index in [0.717, 1.165) is 30.6 Å². The number of benzene rings is 1. The van der Waals surface area contributed by atoms with Crippen molar-refractivity contribution in [3.8, 4) is 0 Å². The van der Waals surface area contributed by atoms with Gasteiger partial charge in [-0.05, 0) is 87.1 Å². The molecule has 22 heteroatoms. The number of amides is 9. The zero-order chi connectivity index (χ0) is 50.7. The smallest absolute Gasteiger partial charge is 0.407 e. The molecule has 384 valence electrons. The van der Waals surface area contributed by atoms with E-state index in [0.29, 0.717) is 49.8 Å². The van der Waals surface area contributed by atoms with Crippen LogP contribution in [0.1, 0.15) is 71.3 Å². The highest BCUT2D eigenvalue weighted by Crippen LogP contribution is 2.32. The van der Waals surface area contributed by atoms with E-state index in [9.17, 15) is 38.4 Å². The highest BCUT2D eigenvalue weighted by Gasteiger charge is 2.31. The number of nitrogens with two attached hydrogens (primary N) is 1. The fourth-order valence-corrected chi connectivity index (χ4v) is 7.53. The Morgan fingerprint density at radius 2 is 1.30 bits per heavy atom. The molecule has 4 rings (SSSR count). The average Bonchev–Trinajstić information content (AvgIpc) is 3.66. The molecule has 3 atom stereocenters. The maximum Gasteiger partial charge on any atom is 0.407 e. The van der Waals surface area contributed by atoms with Crippen LogP contribution in [-0.2, 0) is 59.1 Å². The van der Waals surface area contributed by atoms with E-state index in [1.54, 1.807) is 62.6 Å². The molecule has 22 nitrogen and oxygen atoms in total. The highest BCUT2D eigenvalue weighted by atomic mass is 16.6. The zero-order valence-corrected chi connectivity index (χ0v) is 40.2. The molecule has 0 unspecified atom stereocenters. The van der Waals surface area contributed by atoms with Crippen LogP contribution in [0.4, 0.5) is 21.0 Å². The van der Waals surface area contributed by atoms with Gasteiger partial charge in [-0.25, -0.2) is 9.59 Å². The first-order valence-corrected chi connectivity index (χ1v) is 23.7. The van der Waals surface area contributed by atoms with Crippen LogP contribution in [0, 0.1) is 17.8 Å². The van der Waals surface area contributed by atoms with Crippen LogP contribution < -0.4 is 37.6 Å². The van der Waals surface area contributed by atoms with Crippen molar-refractivity contribution in [2.75, 3.05) is 76.6 Å². The molecule has 0 saturated heterocycles. The molecule has 0 spiro atoms. The zero-order valence-electron chi connectivity index (χ0n) is 40.2. The lowest BCUT2D eigenvalue weighted by molar-refractivity contribution is -0.137. The summed E-state index contributed by atoms with van der Waals surface area (Å²) in [5.74, 6) is -2.48. The quantitative estimate of drug-likeness (QED) is 0.0422. The first-order valence-electron chi connectivity index (χ1n) is 23.7. The van der Waals surface area contributed by atoms with Gasteiger partial charge in [0.15, 0.2) is 0 Å². The minimum atomic E-state index is -1.04. The third-order valence-corrected chi connectivity index (χ3v) is 11.6. The van der Waals surface area contributed by atoms with E-state index >= 15 is 0 Å². The first kappa shape index (κ1) is 56.1. The number of urea groups is 1. The minimum Gasteiger partial charge on any atom is -0.445 e. The van der Waals surface area contributed by atoms with Crippen LogP contribution in [0.3, 0.4) is 0 Å². The van der Waals surface area contributed by atoms with E-state index < -0.39 is 41.9 Å². The van der Waals surface area contributed by atoms with Crippen LogP contribution in [0.2, 0.25) is 0 Å². The van der Waals surface area contributed by atoms with Gasteiger partial charge in [0.25, 0.3) is 11.8 Å². The normalized spacial score (nSPS) is 16.8. The third-order valence-electron chi connectivity index (χ3n) is 11.6. The number of anilines is 2. The Kier molecular flexibility index (Phi) is 24.8. The number of imide groups is 1. The molecule has 2 aromatic rings. The summed E-state index contributed by atoms with van der Waals surface area (Å²) in [5.41, 5.74) is 7.00. The van der Waals surface area contributed by atoms with Crippen molar-refractivity contribution in [3.05, 3.63) is 66.5 Å². The standard InChI is InChI=1S/C48H69N9O13/c1-32(2)43(56-40(58)18-23-66-25-27-68-29-30-69-28-26-67-24-22-57-41(59)14-15-42(57)60)46(63)55-39(5-4-19-51-47(49)64)45(62)54-37-12-6-34(7-13-37)31-70-48(65)52-33(3)35-8-10-36(11-9-35)44(61)53-38-16-20-50-21-17-38/h6-7,12-17,20-21,32-33,35-36,39,43H,4-5,8-11,18-19,22-31H2,1-3H3,(H,52,65)(H,54,62)(H,55,63)(H,56,58)(H3,49,51,64)(H,50,53,61)/t33-,35-,36-,39+,43+/m1/s1. The summed E-state index contributed by atoms with van der Waals surface area (Å²) in [4.78, 5) is 105. The number of rotatable bonds is 31. The Bertz CT molecular complexity index is 2010. The van der Waals surface area contributed by atoms with Gasteiger partial charge in [-0.15, -0.1) is 0 Å². The van der Waals surface area contributed by atoms with Gasteiger partial charge in [0.1, 0.15) is 18.7 Å². The second-order valence-corrected chi connectivity index (χ2v) is 17.2. The number of carbonyl (C=O) groups is 8. The molecule has 70 heavy (non-hydrogen) atoms. The summed E-state index contributed by atoms with van der Waals surface area (Å²) in [6, 6.07) is 7.27. The second-order valence-electron chi connectivity index (χ2n) is 17.2. The Hall–Kier alpha value is -6.49. The third kappa shape index (κ3) is 21.0. The molecule has 2 heterocycles. The van der Waals surface area contributed by atoms with Crippen molar-refractivity contribution in [1.29, 1.82) is 0 Å². The number of primary amides is 1. The monoisotopic (exact) mass is 980 g/mol. The molecule has 1 aliphatic heterocycles. The van der Waals surface area contributed by atoms with E-state index in [1.165, 1.54) is 12.2 Å². The van der Waals surface area contributed by atoms with E-state index in [-0.39, 0.29) is 100 Å². The van der Waals surface area contributed by atoms with Crippen LogP contribution >= 0.6 is 0 Å². The Morgan fingerprint density at radius 1 is 0.714 bits per heavy atom. The molecule has 1 aromatic carbocycles. The Labute approximate surface area is 408 Å². The summed E-state index contributed by atoms with van der Waals surface area (Å²) in [6.45, 7) is 7.79. The maximum atomic E-state index is 13.6. The molecule has 1 aromatic heterocycles. The molecular weight excluding hydrogens is 911 g/mol. The second kappa shape index (κ2) is 30.9. The predicted octanol–water partition coefficient (Wildman–Crippen LogP) is 2.54. The van der Waals surface area contributed by atoms with Crippen molar-refractivity contribution >= 4 is 58.9 Å². The lowest BCUT2D eigenvalue weighted by Gasteiger charge is -2.31. The minimum absolute atomic E-state index is 0.0138. The number of hydrogen-bond acceptors (Lipinski definition) is 14. The number of alkyl carbamates (subject to hydrolysis) is 1. The summed E-state index contributed by atoms with van der Waals surface area (Å²) >= 11 is 0. The number of ether oxygens (including phenoxy) is 5. The number of hydrogen-bond donors (Lipinski definition) is 7. The molecule has 8 N–H and O–H groups in total. The molecule has 0 radical (unpaired) electrons. The number of nitrogens with one attached hydrogen (secondary N) is 6. The predicted molar refractivity (Wildman–Crippen MR) is 255 cm³/mol. The van der Waals surface area contributed by atoms with Gasteiger partial charge in [-0.2, -0.15) is 0 Å². The fraction of sp³-hybridized carbons (Fsp3) is 0.562. The molecule has 1 aliphatic carbocycles. The number of aromatic nitrogens is 1. The van der Waals surface area contributed by atoms with Crippen LogP contribution in [-0.4, -0.2) is 142 Å². The summed E-state index contributed by atoms with van der Waals surface area (Å²) < 4.78 is 27.3. The lowest BCUT2D eigenvalue weighted by Crippen LogP contribution is -2.54. The van der Waals surface area contributed by atoms with Crippen LogP contribution in [0.25, 0.3) is 0 Å². The van der Waals surface area contributed by atoms with Crippen molar-refractivity contribution in [2.24, 2.45) is 23.5 Å². The molecular formula is C48H69N9O13. The van der Waals surface area contributed by atoms with Gasteiger partial charge in [-0.1, -0.05) is 26.0 Å². The highest BCUT2D eigenvalue weighted by molar-refractivity contribution is 6.12. The van der Waals surface area contributed by atoms with Crippen LogP contribution in [0.15, 0.2) is 60.9 Å². The molecule has 1 fully saturated rings.